The molecule has 0 aliphatic heterocycles. The first-order chi connectivity index (χ1) is 12.9. The summed E-state index contributed by atoms with van der Waals surface area (Å²) in [5, 5.41) is 4.30. The predicted molar refractivity (Wildman–Crippen MR) is 115 cm³/mol. The molecule has 2 heteroatoms. The monoisotopic (exact) mass is 480 g/mol. The third-order valence-electron chi connectivity index (χ3n) is 4.85. The molecule has 0 aliphatic carbocycles. The van der Waals surface area contributed by atoms with Gasteiger partial charge in [0.05, 0.1) is 6.16 Å². The van der Waals surface area contributed by atoms with Crippen molar-refractivity contribution in [3.8, 4) is 0 Å². The zero-order valence-electron chi connectivity index (χ0n) is 15.1. The fourth-order valence-corrected chi connectivity index (χ4v) is 7.87. The van der Waals surface area contributed by atoms with Gasteiger partial charge < -0.3 is 24.0 Å². The van der Waals surface area contributed by atoms with Crippen LogP contribution in [0.2, 0.25) is 0 Å². The minimum Gasteiger partial charge on any atom is -1.00 e. The first-order valence-corrected chi connectivity index (χ1v) is 11.0. The largest absolute Gasteiger partial charge is 1.00 e. The van der Waals surface area contributed by atoms with Crippen molar-refractivity contribution in [1.29, 1.82) is 0 Å². The van der Waals surface area contributed by atoms with Crippen LogP contribution in [0.4, 0.5) is 0 Å². The van der Waals surface area contributed by atoms with Crippen LogP contribution < -0.4 is 39.9 Å². The van der Waals surface area contributed by atoms with Gasteiger partial charge >= 0.3 is 0 Å². The van der Waals surface area contributed by atoms with Crippen molar-refractivity contribution in [2.24, 2.45) is 0 Å². The van der Waals surface area contributed by atoms with Crippen molar-refractivity contribution >= 4 is 23.2 Å². The van der Waals surface area contributed by atoms with E-state index in [9.17, 15) is 0 Å². The number of hydrogen-bond donors (Lipinski definition) is 0. The van der Waals surface area contributed by atoms with Crippen LogP contribution in [0.1, 0.15) is 5.56 Å². The summed E-state index contributed by atoms with van der Waals surface area (Å²) in [6.07, 6.45) is 1.03. The molecule has 0 amide bonds. The summed E-state index contributed by atoms with van der Waals surface area (Å²) in [4.78, 5) is 0. The van der Waals surface area contributed by atoms with Gasteiger partial charge in [0.1, 0.15) is 23.2 Å². The van der Waals surface area contributed by atoms with Crippen molar-refractivity contribution in [3.05, 3.63) is 127 Å². The summed E-state index contributed by atoms with van der Waals surface area (Å²) < 4.78 is 0. The second-order valence-electron chi connectivity index (χ2n) is 6.46. The maximum Gasteiger partial charge on any atom is 0.116 e. The van der Waals surface area contributed by atoms with Gasteiger partial charge in [-0.15, -0.1) is 0 Å². The van der Waals surface area contributed by atoms with Gasteiger partial charge in [-0.05, 0) is 42.0 Å². The van der Waals surface area contributed by atoms with Crippen LogP contribution in [-0.4, -0.2) is 0 Å². The smallest absolute Gasteiger partial charge is 0.116 e. The Bertz CT molecular complexity index is 842. The lowest BCUT2D eigenvalue weighted by molar-refractivity contribution is -0.00000503. The lowest BCUT2D eigenvalue weighted by atomic mass is 10.2. The summed E-state index contributed by atoms with van der Waals surface area (Å²) >= 11 is 0. The predicted octanol–water partition coefficient (Wildman–Crippen LogP) is 2.18. The Hall–Kier alpha value is -1.96. The molecule has 0 fully saturated rings. The minimum absolute atomic E-state index is 0. The van der Waals surface area contributed by atoms with Gasteiger partial charge in [0, 0.05) is 0 Å². The van der Waals surface area contributed by atoms with Crippen LogP contribution in [0.25, 0.3) is 0 Å². The Morgan fingerprint density at radius 3 is 1.04 bits per heavy atom. The highest BCUT2D eigenvalue weighted by molar-refractivity contribution is 7.95. The second kappa shape index (κ2) is 9.30. The molecule has 0 saturated heterocycles. The van der Waals surface area contributed by atoms with E-state index < -0.39 is 7.26 Å². The molecule has 4 aromatic rings. The van der Waals surface area contributed by atoms with Crippen LogP contribution in [0, 0.1) is 0 Å². The lowest BCUT2D eigenvalue weighted by Gasteiger charge is -2.27. The van der Waals surface area contributed by atoms with E-state index in [1.807, 2.05) is 0 Å². The SMILES string of the molecule is [I-].c1ccc(C[P+](c2ccccc2)(c2ccccc2)c2ccccc2)cc1. The zero-order chi connectivity index (χ0) is 17.7. The number of halogens is 1. The van der Waals surface area contributed by atoms with Crippen LogP contribution in [0.3, 0.4) is 0 Å². The summed E-state index contributed by atoms with van der Waals surface area (Å²) in [5.74, 6) is 0. The van der Waals surface area contributed by atoms with E-state index in [2.05, 4.69) is 121 Å². The van der Waals surface area contributed by atoms with E-state index >= 15 is 0 Å². The van der Waals surface area contributed by atoms with E-state index in [0.717, 1.165) is 6.16 Å². The van der Waals surface area contributed by atoms with Gasteiger partial charge in [-0.1, -0.05) is 84.9 Å². The molecular weight excluding hydrogens is 458 g/mol. The van der Waals surface area contributed by atoms with Gasteiger partial charge in [-0.2, -0.15) is 0 Å². The molecule has 134 valence electrons. The number of benzene rings is 4. The topological polar surface area (TPSA) is 0 Å². The van der Waals surface area contributed by atoms with Crippen molar-refractivity contribution in [3.63, 3.8) is 0 Å². The Balaban J connectivity index is 0.00000210. The van der Waals surface area contributed by atoms with E-state index in [-0.39, 0.29) is 24.0 Å². The van der Waals surface area contributed by atoms with Crippen LogP contribution in [0.5, 0.6) is 0 Å². The highest BCUT2D eigenvalue weighted by Crippen LogP contribution is 2.58. The highest BCUT2D eigenvalue weighted by Gasteiger charge is 2.45. The Kier molecular flexibility index (Phi) is 6.82. The van der Waals surface area contributed by atoms with Crippen molar-refractivity contribution in [1.82, 2.24) is 0 Å². The third kappa shape index (κ3) is 4.15. The maximum atomic E-state index is 2.30. The molecule has 27 heavy (non-hydrogen) atoms. The van der Waals surface area contributed by atoms with Gasteiger partial charge in [0.25, 0.3) is 0 Å². The number of hydrogen-bond acceptors (Lipinski definition) is 0. The molecule has 4 rings (SSSR count). The van der Waals surface area contributed by atoms with Gasteiger partial charge in [-0.25, -0.2) is 0 Å². The van der Waals surface area contributed by atoms with Gasteiger partial charge in [0.2, 0.25) is 0 Å². The fourth-order valence-electron chi connectivity index (χ4n) is 3.63. The minimum atomic E-state index is -1.78. The van der Waals surface area contributed by atoms with E-state index in [0.29, 0.717) is 0 Å². The van der Waals surface area contributed by atoms with Crippen LogP contribution in [0.15, 0.2) is 121 Å². The Morgan fingerprint density at radius 1 is 0.407 bits per heavy atom. The summed E-state index contributed by atoms with van der Waals surface area (Å²) in [7, 11) is -1.78. The van der Waals surface area contributed by atoms with Crippen molar-refractivity contribution in [2.75, 3.05) is 0 Å². The fraction of sp³-hybridized carbons (Fsp3) is 0.0400. The van der Waals surface area contributed by atoms with E-state index in [1.165, 1.54) is 21.5 Å². The molecule has 0 aromatic heterocycles. The quantitative estimate of drug-likeness (QED) is 0.304. The van der Waals surface area contributed by atoms with Crippen molar-refractivity contribution < 1.29 is 24.0 Å². The summed E-state index contributed by atoms with van der Waals surface area (Å²) in [6.45, 7) is 0. The molecule has 0 saturated carbocycles. The van der Waals surface area contributed by atoms with Crippen LogP contribution in [-0.2, 0) is 6.16 Å². The van der Waals surface area contributed by atoms with E-state index in [4.69, 9.17) is 0 Å². The average Bonchev–Trinajstić information content (AvgIpc) is 2.75. The molecule has 4 aromatic carbocycles. The molecule has 0 spiro atoms. The molecular formula is C25H22IP. The first-order valence-electron chi connectivity index (χ1n) is 8.98. The Labute approximate surface area is 179 Å². The normalized spacial score (nSPS) is 10.8. The average molecular weight is 480 g/mol. The molecule has 0 radical (unpaired) electrons. The molecule has 0 bridgehead atoms. The molecule has 0 N–H and O–H groups in total. The molecule has 0 unspecified atom stereocenters. The molecule has 0 atom stereocenters. The molecule has 0 aliphatic rings. The first kappa shape index (κ1) is 19.8. The summed E-state index contributed by atoms with van der Waals surface area (Å²) in [5.41, 5.74) is 1.39. The zero-order valence-corrected chi connectivity index (χ0v) is 18.1. The lowest BCUT2D eigenvalue weighted by Crippen LogP contribution is -3.00. The van der Waals surface area contributed by atoms with Gasteiger partial charge in [-0.3, -0.25) is 0 Å². The Morgan fingerprint density at radius 2 is 0.704 bits per heavy atom. The third-order valence-corrected chi connectivity index (χ3v) is 9.23. The van der Waals surface area contributed by atoms with Crippen molar-refractivity contribution in [2.45, 2.75) is 6.16 Å². The second-order valence-corrected chi connectivity index (χ2v) is 9.95. The molecule has 0 heterocycles. The summed E-state index contributed by atoms with van der Waals surface area (Å²) in [6, 6.07) is 44.0. The molecule has 0 nitrogen and oxygen atoms in total. The van der Waals surface area contributed by atoms with E-state index in [1.54, 1.807) is 0 Å². The standard InChI is InChI=1S/C25H22P.HI/c1-5-13-22(14-6-1)21-26(23-15-7-2-8-16-23,24-17-9-3-10-18-24)25-19-11-4-12-20-25;/h1-20H,21H2;1H/q+1;/p-1. The van der Waals surface area contributed by atoms with Crippen LogP contribution >= 0.6 is 7.26 Å². The number of rotatable bonds is 5. The maximum absolute atomic E-state index is 2.30. The highest BCUT2D eigenvalue weighted by atomic mass is 127. The van der Waals surface area contributed by atoms with Gasteiger partial charge in [0.15, 0.2) is 0 Å².